The van der Waals surface area contributed by atoms with Gasteiger partial charge in [0.1, 0.15) is 17.5 Å². The second-order valence-electron chi connectivity index (χ2n) is 6.74. The highest BCUT2D eigenvalue weighted by atomic mass is 35.5. The van der Waals surface area contributed by atoms with Crippen LogP contribution in [0.2, 0.25) is 5.02 Å². The van der Waals surface area contributed by atoms with Crippen LogP contribution in [0.1, 0.15) is 27.2 Å². The van der Waals surface area contributed by atoms with Gasteiger partial charge < -0.3 is 19.7 Å². The van der Waals surface area contributed by atoms with E-state index >= 15 is 0 Å². The van der Waals surface area contributed by atoms with E-state index in [0.717, 1.165) is 13.1 Å². The molecule has 0 saturated carbocycles. The Labute approximate surface area is 149 Å². The molecule has 1 amide bonds. The van der Waals surface area contributed by atoms with Gasteiger partial charge >= 0.3 is 0 Å². The molecule has 1 aromatic carbocycles. The van der Waals surface area contributed by atoms with Crippen molar-refractivity contribution in [3.05, 3.63) is 17.2 Å². The molecule has 1 N–H and O–H groups in total. The zero-order valence-corrected chi connectivity index (χ0v) is 15.8. The van der Waals surface area contributed by atoms with Crippen LogP contribution in [-0.4, -0.2) is 44.2 Å². The maximum atomic E-state index is 12.8. The number of hydrogen-bond acceptors (Lipinski definition) is 4. The minimum Gasteiger partial charge on any atom is -0.495 e. The van der Waals surface area contributed by atoms with Crippen LogP contribution in [0.4, 0.5) is 5.69 Å². The highest BCUT2D eigenvalue weighted by molar-refractivity contribution is 6.32. The molecule has 2 rings (SSSR count). The fraction of sp³-hybridized carbons (Fsp3) is 0.611. The molecule has 5 nitrogen and oxygen atoms in total. The van der Waals surface area contributed by atoms with E-state index in [4.69, 9.17) is 21.1 Å². The van der Waals surface area contributed by atoms with Crippen molar-refractivity contribution in [2.45, 2.75) is 33.2 Å². The third-order valence-electron chi connectivity index (χ3n) is 4.40. The van der Waals surface area contributed by atoms with Gasteiger partial charge in [-0.25, -0.2) is 0 Å². The van der Waals surface area contributed by atoms with Crippen LogP contribution in [0.5, 0.6) is 11.5 Å². The molecule has 1 aliphatic rings. The van der Waals surface area contributed by atoms with Crippen LogP contribution in [0.3, 0.4) is 0 Å². The number of hydrogen-bond donors (Lipinski definition) is 1. The summed E-state index contributed by atoms with van der Waals surface area (Å²) in [4.78, 5) is 14.7. The largest absolute Gasteiger partial charge is 0.495 e. The molecule has 6 heteroatoms. The van der Waals surface area contributed by atoms with Crippen molar-refractivity contribution in [3.63, 3.8) is 0 Å². The number of carbonyl (C=O) groups is 1. The molecule has 1 fully saturated rings. The Balaban J connectivity index is 2.13. The van der Waals surface area contributed by atoms with Gasteiger partial charge in [0.15, 0.2) is 0 Å². The summed E-state index contributed by atoms with van der Waals surface area (Å²) in [6.07, 6.45) is 1.17. The number of anilines is 1. The standard InChI is InChI=1S/C18H27ClN2O3/c1-11-6-12(2)10-21(9-11)18(22)13(3)20-15-8-16(23-4)14(19)7-17(15)24-5/h7-8,11-13,20H,6,9-10H2,1-5H3/t11-,12+,13-/m1/s1. The molecule has 3 atom stereocenters. The van der Waals surface area contributed by atoms with Crippen LogP contribution >= 0.6 is 11.6 Å². The normalized spacial score (nSPS) is 22.0. The minimum atomic E-state index is -0.359. The summed E-state index contributed by atoms with van der Waals surface area (Å²) in [5.41, 5.74) is 0.692. The molecular weight excluding hydrogens is 328 g/mol. The molecule has 0 unspecified atom stereocenters. The SMILES string of the molecule is COc1cc(N[C@H](C)C(=O)N2C[C@H](C)C[C@H](C)C2)c(OC)cc1Cl. The second-order valence-corrected chi connectivity index (χ2v) is 7.15. The van der Waals surface area contributed by atoms with Gasteiger partial charge in [0, 0.05) is 25.2 Å². The minimum absolute atomic E-state index is 0.101. The number of benzene rings is 1. The van der Waals surface area contributed by atoms with Gasteiger partial charge in [-0.15, -0.1) is 0 Å². The fourth-order valence-corrected chi connectivity index (χ4v) is 3.62. The first-order valence-corrected chi connectivity index (χ1v) is 8.70. The molecule has 1 heterocycles. The Morgan fingerprint density at radius 3 is 2.33 bits per heavy atom. The van der Waals surface area contributed by atoms with Gasteiger partial charge in [0.05, 0.1) is 24.9 Å². The predicted molar refractivity (Wildman–Crippen MR) is 97.2 cm³/mol. The Hall–Kier alpha value is -1.62. The first-order valence-electron chi connectivity index (χ1n) is 8.32. The smallest absolute Gasteiger partial charge is 0.244 e. The van der Waals surface area contributed by atoms with Crippen molar-refractivity contribution in [2.75, 3.05) is 32.6 Å². The highest BCUT2D eigenvalue weighted by Gasteiger charge is 2.28. The van der Waals surface area contributed by atoms with Gasteiger partial charge in [-0.05, 0) is 25.2 Å². The number of likely N-dealkylation sites (tertiary alicyclic amines) is 1. The van der Waals surface area contributed by atoms with Gasteiger partial charge in [-0.3, -0.25) is 4.79 Å². The Bertz CT molecular complexity index is 584. The lowest BCUT2D eigenvalue weighted by Gasteiger charge is -2.36. The van der Waals surface area contributed by atoms with E-state index in [1.807, 2.05) is 11.8 Å². The van der Waals surface area contributed by atoms with Crippen molar-refractivity contribution < 1.29 is 14.3 Å². The van der Waals surface area contributed by atoms with Crippen LogP contribution in [-0.2, 0) is 4.79 Å². The Morgan fingerprint density at radius 2 is 1.79 bits per heavy atom. The number of methoxy groups -OCH3 is 2. The zero-order chi connectivity index (χ0) is 17.9. The maximum Gasteiger partial charge on any atom is 0.244 e. The maximum absolute atomic E-state index is 12.8. The summed E-state index contributed by atoms with van der Waals surface area (Å²) in [5.74, 6) is 2.30. The van der Waals surface area contributed by atoms with Gasteiger partial charge in [-0.1, -0.05) is 25.4 Å². The summed E-state index contributed by atoms with van der Waals surface area (Å²) in [6, 6.07) is 3.08. The number of carbonyl (C=O) groups excluding carboxylic acids is 1. The van der Waals surface area contributed by atoms with E-state index in [-0.39, 0.29) is 11.9 Å². The lowest BCUT2D eigenvalue weighted by molar-refractivity contribution is -0.134. The van der Waals surface area contributed by atoms with Crippen LogP contribution < -0.4 is 14.8 Å². The molecule has 0 radical (unpaired) electrons. The van der Waals surface area contributed by atoms with Crippen LogP contribution in [0, 0.1) is 11.8 Å². The molecule has 1 aliphatic heterocycles. The zero-order valence-electron chi connectivity index (χ0n) is 15.1. The number of rotatable bonds is 5. The van der Waals surface area contributed by atoms with Crippen LogP contribution in [0.15, 0.2) is 12.1 Å². The fourth-order valence-electron chi connectivity index (χ4n) is 3.38. The van der Waals surface area contributed by atoms with Gasteiger partial charge in [-0.2, -0.15) is 0 Å². The number of piperidine rings is 1. The number of ether oxygens (including phenoxy) is 2. The number of amides is 1. The molecule has 0 spiro atoms. The number of halogens is 1. The summed E-state index contributed by atoms with van der Waals surface area (Å²) in [6.45, 7) is 7.89. The molecule has 1 aromatic rings. The van der Waals surface area contributed by atoms with E-state index in [0.29, 0.717) is 34.0 Å². The highest BCUT2D eigenvalue weighted by Crippen LogP contribution is 2.36. The van der Waals surface area contributed by atoms with Crippen molar-refractivity contribution in [1.82, 2.24) is 4.90 Å². The average molecular weight is 355 g/mol. The average Bonchev–Trinajstić information content (AvgIpc) is 2.54. The molecular formula is C18H27ClN2O3. The topological polar surface area (TPSA) is 50.8 Å². The molecule has 0 aliphatic carbocycles. The van der Waals surface area contributed by atoms with Crippen molar-refractivity contribution in [1.29, 1.82) is 0 Å². The first kappa shape index (κ1) is 18.7. The lowest BCUT2D eigenvalue weighted by atomic mass is 9.91. The molecule has 0 aromatic heterocycles. The van der Waals surface area contributed by atoms with Gasteiger partial charge in [0.2, 0.25) is 5.91 Å². The quantitative estimate of drug-likeness (QED) is 0.876. The summed E-state index contributed by atoms with van der Waals surface area (Å²) >= 11 is 6.13. The van der Waals surface area contributed by atoms with E-state index in [9.17, 15) is 4.79 Å². The Morgan fingerprint density at radius 1 is 1.21 bits per heavy atom. The van der Waals surface area contributed by atoms with Gasteiger partial charge in [0.25, 0.3) is 0 Å². The van der Waals surface area contributed by atoms with Crippen LogP contribution in [0.25, 0.3) is 0 Å². The van der Waals surface area contributed by atoms with E-state index in [2.05, 4.69) is 19.2 Å². The lowest BCUT2D eigenvalue weighted by Crippen LogP contribution is -2.48. The molecule has 134 valence electrons. The number of nitrogens with one attached hydrogen (secondary N) is 1. The molecule has 0 bridgehead atoms. The molecule has 1 saturated heterocycles. The van der Waals surface area contributed by atoms with E-state index in [1.165, 1.54) is 6.42 Å². The third-order valence-corrected chi connectivity index (χ3v) is 4.69. The second kappa shape index (κ2) is 7.97. The summed E-state index contributed by atoms with van der Waals surface area (Å²) < 4.78 is 10.6. The van der Waals surface area contributed by atoms with Crippen molar-refractivity contribution in [2.24, 2.45) is 11.8 Å². The van der Waals surface area contributed by atoms with E-state index < -0.39 is 0 Å². The predicted octanol–water partition coefficient (Wildman–Crippen LogP) is 3.66. The Kier molecular flexibility index (Phi) is 6.21. The summed E-state index contributed by atoms with van der Waals surface area (Å²) in [7, 11) is 3.13. The van der Waals surface area contributed by atoms with Crippen molar-refractivity contribution in [3.8, 4) is 11.5 Å². The van der Waals surface area contributed by atoms with E-state index in [1.54, 1.807) is 26.4 Å². The third kappa shape index (κ3) is 4.26. The number of nitrogens with zero attached hydrogens (tertiary/aromatic N) is 1. The van der Waals surface area contributed by atoms with Crippen molar-refractivity contribution >= 4 is 23.2 Å². The molecule has 24 heavy (non-hydrogen) atoms. The summed E-state index contributed by atoms with van der Waals surface area (Å²) in [5, 5.41) is 3.71. The monoisotopic (exact) mass is 354 g/mol. The first-order chi connectivity index (χ1) is 11.3.